The maximum absolute atomic E-state index is 13.1. The maximum Gasteiger partial charge on any atom is 0.326 e. The summed E-state index contributed by atoms with van der Waals surface area (Å²) in [5.41, 5.74) is 4.04. The SMILES string of the molecule is CC.Cc1oc(-c2ccccc2)nc1CCOc1ccc(CC(Nc2ccccc2C(=O)c2ccccc2)C(=O)O)cc1. The van der Waals surface area contributed by atoms with Gasteiger partial charge in [0, 0.05) is 35.2 Å². The molecule has 7 nitrogen and oxygen atoms in total. The summed E-state index contributed by atoms with van der Waals surface area (Å²) < 4.78 is 11.7. The second kappa shape index (κ2) is 15.2. The van der Waals surface area contributed by atoms with E-state index in [0.29, 0.717) is 41.5 Å². The summed E-state index contributed by atoms with van der Waals surface area (Å²) in [6, 6.07) is 32.1. The van der Waals surface area contributed by atoms with Crippen LogP contribution in [0.2, 0.25) is 0 Å². The average Bonchev–Trinajstić information content (AvgIpc) is 3.43. The smallest absolute Gasteiger partial charge is 0.326 e. The van der Waals surface area contributed by atoms with E-state index in [1.807, 2.05) is 81.4 Å². The molecule has 7 heteroatoms. The number of anilines is 1. The molecule has 1 aromatic heterocycles. The summed E-state index contributed by atoms with van der Waals surface area (Å²) in [5.74, 6) is 0.858. The molecule has 0 aliphatic heterocycles. The van der Waals surface area contributed by atoms with Crippen LogP contribution in [-0.4, -0.2) is 34.5 Å². The van der Waals surface area contributed by atoms with Gasteiger partial charge < -0.3 is 19.6 Å². The molecular weight excluding hydrogens is 540 g/mol. The molecule has 43 heavy (non-hydrogen) atoms. The molecule has 0 amide bonds. The van der Waals surface area contributed by atoms with Crippen molar-refractivity contribution in [1.82, 2.24) is 4.98 Å². The van der Waals surface area contributed by atoms with Gasteiger partial charge in [-0.1, -0.05) is 86.6 Å². The van der Waals surface area contributed by atoms with Crippen molar-refractivity contribution in [3.63, 3.8) is 0 Å². The van der Waals surface area contributed by atoms with Crippen molar-refractivity contribution in [2.75, 3.05) is 11.9 Å². The Balaban J connectivity index is 0.00000207. The highest BCUT2D eigenvalue weighted by atomic mass is 16.5. The Kier molecular flexibility index (Phi) is 10.9. The second-order valence-electron chi connectivity index (χ2n) is 9.61. The number of carbonyl (C=O) groups is 2. The van der Waals surface area contributed by atoms with Crippen LogP contribution in [0.4, 0.5) is 5.69 Å². The monoisotopic (exact) mass is 576 g/mol. The lowest BCUT2D eigenvalue weighted by Gasteiger charge is -2.18. The number of nitrogens with zero attached hydrogens (tertiary/aromatic N) is 1. The van der Waals surface area contributed by atoms with Gasteiger partial charge in [0.25, 0.3) is 0 Å². The van der Waals surface area contributed by atoms with Crippen LogP contribution in [0.1, 0.15) is 46.8 Å². The third kappa shape index (κ3) is 8.20. The van der Waals surface area contributed by atoms with Gasteiger partial charge in [-0.3, -0.25) is 4.79 Å². The largest absolute Gasteiger partial charge is 0.493 e. The van der Waals surface area contributed by atoms with Crippen LogP contribution < -0.4 is 10.1 Å². The molecule has 0 aliphatic rings. The van der Waals surface area contributed by atoms with Crippen molar-refractivity contribution in [3.05, 3.63) is 137 Å². The minimum atomic E-state index is -1.01. The summed E-state index contributed by atoms with van der Waals surface area (Å²) in [6.07, 6.45) is 0.819. The minimum Gasteiger partial charge on any atom is -0.493 e. The van der Waals surface area contributed by atoms with Gasteiger partial charge in [0.2, 0.25) is 5.89 Å². The zero-order valence-electron chi connectivity index (χ0n) is 24.6. The number of aliphatic carboxylic acids is 1. The molecule has 0 bridgehead atoms. The number of aryl methyl sites for hydroxylation is 1. The normalized spacial score (nSPS) is 11.1. The Morgan fingerprint density at radius 1 is 0.860 bits per heavy atom. The third-order valence-corrected chi connectivity index (χ3v) is 6.72. The number of hydrogen-bond acceptors (Lipinski definition) is 6. The van der Waals surface area contributed by atoms with E-state index < -0.39 is 12.0 Å². The van der Waals surface area contributed by atoms with E-state index in [2.05, 4.69) is 10.3 Å². The lowest BCUT2D eigenvalue weighted by molar-refractivity contribution is -0.137. The van der Waals surface area contributed by atoms with Gasteiger partial charge in [0.1, 0.15) is 17.6 Å². The molecule has 0 radical (unpaired) electrons. The molecule has 4 aromatic carbocycles. The van der Waals surface area contributed by atoms with Gasteiger partial charge >= 0.3 is 5.97 Å². The molecule has 5 aromatic rings. The van der Waals surface area contributed by atoms with Crippen LogP contribution in [0.5, 0.6) is 5.75 Å². The molecule has 0 saturated heterocycles. The van der Waals surface area contributed by atoms with Gasteiger partial charge in [-0.05, 0) is 48.9 Å². The predicted molar refractivity (Wildman–Crippen MR) is 169 cm³/mol. The van der Waals surface area contributed by atoms with Crippen molar-refractivity contribution >= 4 is 17.4 Å². The fourth-order valence-corrected chi connectivity index (χ4v) is 4.53. The van der Waals surface area contributed by atoms with Crippen molar-refractivity contribution in [3.8, 4) is 17.2 Å². The quantitative estimate of drug-likeness (QED) is 0.147. The number of hydrogen-bond donors (Lipinski definition) is 2. The van der Waals surface area contributed by atoms with Crippen LogP contribution in [0.15, 0.2) is 114 Å². The lowest BCUT2D eigenvalue weighted by atomic mass is 10.00. The molecule has 1 heterocycles. The van der Waals surface area contributed by atoms with E-state index >= 15 is 0 Å². The fourth-order valence-electron chi connectivity index (χ4n) is 4.53. The summed E-state index contributed by atoms with van der Waals surface area (Å²) >= 11 is 0. The number of para-hydroxylation sites is 1. The van der Waals surface area contributed by atoms with E-state index in [1.165, 1.54) is 0 Å². The van der Waals surface area contributed by atoms with E-state index in [1.54, 1.807) is 48.5 Å². The average molecular weight is 577 g/mol. The van der Waals surface area contributed by atoms with Crippen molar-refractivity contribution in [1.29, 1.82) is 0 Å². The summed E-state index contributed by atoms with van der Waals surface area (Å²) in [5, 5.41) is 13.0. The number of oxazole rings is 1. The van der Waals surface area contributed by atoms with Gasteiger partial charge in [-0.2, -0.15) is 0 Å². The molecular formula is C36H36N2O5. The van der Waals surface area contributed by atoms with Crippen molar-refractivity contribution in [2.24, 2.45) is 0 Å². The molecule has 0 spiro atoms. The first-order valence-electron chi connectivity index (χ1n) is 14.4. The van der Waals surface area contributed by atoms with Crippen LogP contribution in [0, 0.1) is 6.92 Å². The zero-order chi connectivity index (χ0) is 30.6. The van der Waals surface area contributed by atoms with Crippen LogP contribution in [0.3, 0.4) is 0 Å². The molecule has 2 N–H and O–H groups in total. The highest BCUT2D eigenvalue weighted by Crippen LogP contribution is 2.23. The number of benzene rings is 4. The first-order valence-corrected chi connectivity index (χ1v) is 14.4. The fraction of sp³-hybridized carbons (Fsp3) is 0.194. The summed E-state index contributed by atoms with van der Waals surface area (Å²) in [7, 11) is 0. The van der Waals surface area contributed by atoms with E-state index in [9.17, 15) is 14.7 Å². The first-order chi connectivity index (χ1) is 21.0. The van der Waals surface area contributed by atoms with Crippen LogP contribution in [0.25, 0.3) is 11.5 Å². The zero-order valence-corrected chi connectivity index (χ0v) is 24.6. The molecule has 5 rings (SSSR count). The lowest BCUT2D eigenvalue weighted by Crippen LogP contribution is -2.32. The molecule has 1 atom stereocenters. The third-order valence-electron chi connectivity index (χ3n) is 6.72. The van der Waals surface area contributed by atoms with Gasteiger partial charge in [0.15, 0.2) is 5.78 Å². The highest BCUT2D eigenvalue weighted by molar-refractivity contribution is 6.12. The Hall–Kier alpha value is -5.17. The maximum atomic E-state index is 13.1. The number of nitrogens with one attached hydrogen (secondary N) is 1. The number of rotatable bonds is 12. The number of carboxylic acids is 1. The number of ketones is 1. The molecule has 0 saturated carbocycles. The highest BCUT2D eigenvalue weighted by Gasteiger charge is 2.21. The molecule has 0 fully saturated rings. The van der Waals surface area contributed by atoms with Crippen LogP contribution >= 0.6 is 0 Å². The Bertz CT molecular complexity index is 1610. The Morgan fingerprint density at radius 3 is 2.16 bits per heavy atom. The van der Waals surface area contributed by atoms with Crippen LogP contribution in [-0.2, 0) is 17.6 Å². The number of carbonyl (C=O) groups excluding carboxylic acids is 1. The predicted octanol–water partition coefficient (Wildman–Crippen LogP) is 7.64. The number of aromatic nitrogens is 1. The molecule has 1 unspecified atom stereocenters. The van der Waals surface area contributed by atoms with Gasteiger partial charge in [-0.15, -0.1) is 0 Å². The Morgan fingerprint density at radius 2 is 1.49 bits per heavy atom. The first kappa shape index (κ1) is 30.8. The van der Waals surface area contributed by atoms with Gasteiger partial charge in [0.05, 0.1) is 12.3 Å². The van der Waals surface area contributed by atoms with E-state index in [0.717, 1.165) is 22.6 Å². The summed E-state index contributed by atoms with van der Waals surface area (Å²) in [4.78, 5) is 29.8. The molecule has 0 aliphatic carbocycles. The summed E-state index contributed by atoms with van der Waals surface area (Å²) in [6.45, 7) is 6.32. The second-order valence-corrected chi connectivity index (χ2v) is 9.61. The molecule has 220 valence electrons. The Labute approximate surface area is 252 Å². The van der Waals surface area contributed by atoms with E-state index in [-0.39, 0.29) is 12.2 Å². The standard InChI is InChI=1S/C34H30N2O5.C2H6/c1-23-29(36-33(41-23)26-12-6-3-7-13-26)20-21-40-27-18-16-24(17-19-27)22-31(34(38)39)35-30-15-9-8-14-28(30)32(37)25-10-4-2-5-11-25;1-2/h2-19,31,35H,20-22H2,1H3,(H,38,39);1-2H3. The minimum absolute atomic E-state index is 0.170. The topological polar surface area (TPSA) is 102 Å². The van der Waals surface area contributed by atoms with Gasteiger partial charge in [-0.25, -0.2) is 9.78 Å². The van der Waals surface area contributed by atoms with Crippen molar-refractivity contribution in [2.45, 2.75) is 39.7 Å². The number of carboxylic acid groups (broad SMARTS) is 1. The van der Waals surface area contributed by atoms with Crippen molar-refractivity contribution < 1.29 is 23.8 Å². The number of ether oxygens (including phenoxy) is 1. The van der Waals surface area contributed by atoms with E-state index in [4.69, 9.17) is 9.15 Å².